The molecule has 7 nitrogen and oxygen atoms in total. The highest BCUT2D eigenvalue weighted by atomic mass is 16.5. The molecule has 102 valence electrons. The summed E-state index contributed by atoms with van der Waals surface area (Å²) in [5.74, 6) is -1.62. The fourth-order valence-corrected chi connectivity index (χ4v) is 1.29. The summed E-state index contributed by atoms with van der Waals surface area (Å²) in [6, 6.07) is 2.16. The van der Waals surface area contributed by atoms with Crippen LogP contribution >= 0.6 is 0 Å². The second-order valence-corrected chi connectivity index (χ2v) is 3.39. The van der Waals surface area contributed by atoms with Crippen LogP contribution in [-0.4, -0.2) is 36.0 Å². The number of phenols is 1. The van der Waals surface area contributed by atoms with Crippen LogP contribution in [0.15, 0.2) is 24.8 Å². The van der Waals surface area contributed by atoms with Gasteiger partial charge in [0.15, 0.2) is 11.5 Å². The fraction of sp³-hybridized carbons (Fsp3) is 0.167. The number of nitrogens with one attached hydrogen (secondary N) is 1. The number of carboxylic acid groups (broad SMARTS) is 1. The fourth-order valence-electron chi connectivity index (χ4n) is 1.29. The lowest BCUT2D eigenvalue weighted by molar-refractivity contribution is 0.0697. The number of benzene rings is 1. The van der Waals surface area contributed by atoms with E-state index >= 15 is 0 Å². The molecule has 19 heavy (non-hydrogen) atoms. The van der Waals surface area contributed by atoms with E-state index in [-0.39, 0.29) is 29.4 Å². The Morgan fingerprint density at radius 1 is 1.47 bits per heavy atom. The quantitative estimate of drug-likeness (QED) is 0.555. The largest absolute Gasteiger partial charge is 0.504 e. The number of methoxy groups -OCH3 is 1. The normalized spacial score (nSPS) is 9.53. The summed E-state index contributed by atoms with van der Waals surface area (Å²) in [6.07, 6.45) is 0.532. The van der Waals surface area contributed by atoms with Crippen LogP contribution in [0.3, 0.4) is 0 Å². The molecule has 0 aromatic heterocycles. The molecule has 0 bridgehead atoms. The number of ether oxygens (including phenoxy) is 2. The first-order valence-corrected chi connectivity index (χ1v) is 5.18. The predicted molar refractivity (Wildman–Crippen MR) is 66.8 cm³/mol. The number of anilines is 1. The van der Waals surface area contributed by atoms with Crippen molar-refractivity contribution in [3.05, 3.63) is 30.4 Å². The highest BCUT2D eigenvalue weighted by Gasteiger charge is 2.17. The van der Waals surface area contributed by atoms with Gasteiger partial charge in [0.05, 0.1) is 18.4 Å². The zero-order chi connectivity index (χ0) is 14.4. The van der Waals surface area contributed by atoms with Crippen LogP contribution in [0.4, 0.5) is 10.5 Å². The van der Waals surface area contributed by atoms with Crippen molar-refractivity contribution in [1.82, 2.24) is 0 Å². The molecule has 0 atom stereocenters. The number of phenolic OH excluding ortho intramolecular Hbond substituents is 1. The maximum Gasteiger partial charge on any atom is 0.411 e. The summed E-state index contributed by atoms with van der Waals surface area (Å²) in [6.45, 7) is 3.36. The van der Waals surface area contributed by atoms with Crippen molar-refractivity contribution in [2.45, 2.75) is 0 Å². The molecular weight excluding hydrogens is 254 g/mol. The zero-order valence-corrected chi connectivity index (χ0v) is 10.2. The molecule has 0 saturated heterocycles. The molecule has 7 heteroatoms. The third-order valence-corrected chi connectivity index (χ3v) is 2.12. The first-order chi connectivity index (χ1) is 8.99. The predicted octanol–water partition coefficient (Wildman–Crippen LogP) is 1.83. The van der Waals surface area contributed by atoms with Gasteiger partial charge in [-0.1, -0.05) is 12.7 Å². The second kappa shape index (κ2) is 6.29. The topological polar surface area (TPSA) is 105 Å². The highest BCUT2D eigenvalue weighted by Crippen LogP contribution is 2.32. The Balaban J connectivity index is 3.06. The minimum atomic E-state index is -1.31. The summed E-state index contributed by atoms with van der Waals surface area (Å²) in [5.41, 5.74) is -0.329. The van der Waals surface area contributed by atoms with E-state index in [0.29, 0.717) is 0 Å². The number of carboxylic acids is 1. The number of carbonyl (C=O) groups excluding carboxylic acids is 1. The first-order valence-electron chi connectivity index (χ1n) is 5.18. The van der Waals surface area contributed by atoms with Gasteiger partial charge >= 0.3 is 12.1 Å². The van der Waals surface area contributed by atoms with Gasteiger partial charge in [0.25, 0.3) is 0 Å². The van der Waals surface area contributed by atoms with Gasteiger partial charge in [-0.2, -0.15) is 0 Å². The molecule has 1 aromatic carbocycles. The van der Waals surface area contributed by atoms with Crippen molar-refractivity contribution in [2.75, 3.05) is 19.0 Å². The average molecular weight is 267 g/mol. The lowest BCUT2D eigenvalue weighted by atomic mass is 10.1. The van der Waals surface area contributed by atoms with Crippen molar-refractivity contribution < 1.29 is 29.3 Å². The zero-order valence-electron chi connectivity index (χ0n) is 10.2. The number of aromatic carboxylic acids is 1. The van der Waals surface area contributed by atoms with E-state index in [1.165, 1.54) is 19.3 Å². The lowest BCUT2D eigenvalue weighted by Crippen LogP contribution is -2.16. The van der Waals surface area contributed by atoms with Crippen molar-refractivity contribution in [2.24, 2.45) is 0 Å². The minimum absolute atomic E-state index is 0.0105. The maximum absolute atomic E-state index is 11.4. The Kier molecular flexibility index (Phi) is 4.76. The van der Waals surface area contributed by atoms with E-state index in [4.69, 9.17) is 9.84 Å². The van der Waals surface area contributed by atoms with Gasteiger partial charge in [0.2, 0.25) is 0 Å². The molecule has 0 heterocycles. The van der Waals surface area contributed by atoms with E-state index in [0.717, 1.165) is 6.07 Å². The Labute approximate surface area is 109 Å². The first kappa shape index (κ1) is 14.4. The minimum Gasteiger partial charge on any atom is -0.504 e. The maximum atomic E-state index is 11.4. The van der Waals surface area contributed by atoms with Crippen LogP contribution in [0.1, 0.15) is 10.4 Å². The number of carbonyl (C=O) groups is 2. The van der Waals surface area contributed by atoms with E-state index in [9.17, 15) is 14.7 Å². The molecule has 1 amide bonds. The van der Waals surface area contributed by atoms with Crippen molar-refractivity contribution >= 4 is 17.7 Å². The lowest BCUT2D eigenvalue weighted by Gasteiger charge is -2.11. The Morgan fingerprint density at radius 3 is 2.68 bits per heavy atom. The van der Waals surface area contributed by atoms with E-state index in [1.54, 1.807) is 0 Å². The molecule has 0 aliphatic rings. The van der Waals surface area contributed by atoms with E-state index in [2.05, 4.69) is 16.6 Å². The monoisotopic (exact) mass is 267 g/mol. The molecule has 1 aromatic rings. The third-order valence-electron chi connectivity index (χ3n) is 2.12. The summed E-state index contributed by atoms with van der Waals surface area (Å²) < 4.78 is 9.50. The Morgan fingerprint density at radius 2 is 2.16 bits per heavy atom. The van der Waals surface area contributed by atoms with Gasteiger partial charge in [-0.3, -0.25) is 5.32 Å². The van der Waals surface area contributed by atoms with Gasteiger partial charge in [-0.25, -0.2) is 9.59 Å². The van der Waals surface area contributed by atoms with Crippen LogP contribution < -0.4 is 10.1 Å². The summed E-state index contributed by atoms with van der Waals surface area (Å²) in [7, 11) is 1.30. The smallest absolute Gasteiger partial charge is 0.411 e. The van der Waals surface area contributed by atoms with Gasteiger partial charge in [-0.05, 0) is 0 Å². The summed E-state index contributed by atoms with van der Waals surface area (Å²) in [4.78, 5) is 22.4. The van der Waals surface area contributed by atoms with Crippen LogP contribution in [0, 0.1) is 0 Å². The van der Waals surface area contributed by atoms with Crippen LogP contribution in [0.5, 0.6) is 11.5 Å². The van der Waals surface area contributed by atoms with Crippen molar-refractivity contribution in [1.29, 1.82) is 0 Å². The van der Waals surface area contributed by atoms with Crippen LogP contribution in [-0.2, 0) is 4.74 Å². The molecule has 0 saturated carbocycles. The Hall–Kier alpha value is -2.70. The Bertz CT molecular complexity index is 511. The molecule has 0 spiro atoms. The molecule has 3 N–H and O–H groups in total. The number of hydrogen-bond donors (Lipinski definition) is 3. The average Bonchev–Trinajstić information content (AvgIpc) is 2.37. The number of amides is 1. The van der Waals surface area contributed by atoms with E-state index < -0.39 is 12.1 Å². The molecule has 0 unspecified atom stereocenters. The molecule has 0 radical (unpaired) electrons. The third kappa shape index (κ3) is 3.63. The SMILES string of the molecule is C=CCOC(=O)Nc1cc(OC)c(O)cc1C(=O)O. The van der Waals surface area contributed by atoms with Crippen molar-refractivity contribution in [3.8, 4) is 11.5 Å². The number of hydrogen-bond acceptors (Lipinski definition) is 5. The van der Waals surface area contributed by atoms with Gasteiger partial charge in [-0.15, -0.1) is 0 Å². The summed E-state index contributed by atoms with van der Waals surface area (Å²) >= 11 is 0. The number of rotatable bonds is 5. The molecule has 0 fully saturated rings. The van der Waals surface area contributed by atoms with E-state index in [1.807, 2.05) is 0 Å². The standard InChI is InChI=1S/C12H13NO6/c1-3-4-19-12(17)13-8-6-10(18-2)9(14)5-7(8)11(15)16/h3,5-6,14H,1,4H2,2H3,(H,13,17)(H,15,16). The molecule has 0 aliphatic carbocycles. The van der Waals surface area contributed by atoms with Crippen LogP contribution in [0.25, 0.3) is 0 Å². The second-order valence-electron chi connectivity index (χ2n) is 3.39. The van der Waals surface area contributed by atoms with Gasteiger partial charge in [0.1, 0.15) is 6.61 Å². The van der Waals surface area contributed by atoms with Crippen LogP contribution in [0.2, 0.25) is 0 Å². The molecule has 0 aliphatic heterocycles. The van der Waals surface area contributed by atoms with Gasteiger partial charge < -0.3 is 19.7 Å². The van der Waals surface area contributed by atoms with Crippen molar-refractivity contribution in [3.63, 3.8) is 0 Å². The molecular formula is C12H13NO6. The highest BCUT2D eigenvalue weighted by molar-refractivity contribution is 5.99. The number of aromatic hydroxyl groups is 1. The van der Waals surface area contributed by atoms with Gasteiger partial charge in [0, 0.05) is 12.1 Å². The summed E-state index contributed by atoms with van der Waals surface area (Å²) in [5, 5.41) is 20.7. The molecule has 1 rings (SSSR count).